The van der Waals surface area contributed by atoms with Gasteiger partial charge in [0.25, 0.3) is 0 Å². The fourth-order valence-electron chi connectivity index (χ4n) is 3.68. The highest BCUT2D eigenvalue weighted by Gasteiger charge is 2.28. The molecule has 0 saturated carbocycles. The summed E-state index contributed by atoms with van der Waals surface area (Å²) in [4.78, 5) is 8.39. The summed E-state index contributed by atoms with van der Waals surface area (Å²) in [5, 5.41) is 3.44. The van der Waals surface area contributed by atoms with Gasteiger partial charge >= 0.3 is 0 Å². The molecule has 1 atom stereocenters. The Morgan fingerprint density at radius 3 is 3.05 bits per heavy atom. The van der Waals surface area contributed by atoms with Crippen molar-refractivity contribution in [1.82, 2.24) is 15.1 Å². The summed E-state index contributed by atoms with van der Waals surface area (Å²) in [5.74, 6) is 0. The molecule has 0 radical (unpaired) electrons. The molecule has 2 fully saturated rings. The van der Waals surface area contributed by atoms with E-state index in [1.807, 2.05) is 11.3 Å². The number of hydrogen-bond donors (Lipinski definition) is 1. The van der Waals surface area contributed by atoms with Crippen LogP contribution in [0.1, 0.15) is 41.5 Å². The molecule has 0 aromatic carbocycles. The number of piperazine rings is 1. The van der Waals surface area contributed by atoms with Crippen molar-refractivity contribution >= 4 is 11.3 Å². The smallest absolute Gasteiger partial charge is 0.0299 e. The third-order valence-corrected chi connectivity index (χ3v) is 6.03. The van der Waals surface area contributed by atoms with Crippen LogP contribution in [0.15, 0.2) is 6.07 Å². The van der Waals surface area contributed by atoms with E-state index in [4.69, 9.17) is 0 Å². The summed E-state index contributed by atoms with van der Waals surface area (Å²) in [6, 6.07) is 3.25. The van der Waals surface area contributed by atoms with E-state index in [2.05, 4.69) is 35.0 Å². The third kappa shape index (κ3) is 3.86. The molecule has 3 nitrogen and oxygen atoms in total. The Hall–Kier alpha value is -0.420. The second-order valence-electron chi connectivity index (χ2n) is 6.50. The molecule has 0 aliphatic carbocycles. The first kappa shape index (κ1) is 15.5. The van der Waals surface area contributed by atoms with Crippen molar-refractivity contribution in [2.45, 2.75) is 52.2 Å². The molecule has 21 heavy (non-hydrogen) atoms. The third-order valence-electron chi connectivity index (χ3n) is 4.94. The molecule has 0 bridgehead atoms. The van der Waals surface area contributed by atoms with Crippen molar-refractivity contribution in [3.8, 4) is 0 Å². The van der Waals surface area contributed by atoms with Crippen LogP contribution in [-0.4, -0.2) is 48.6 Å². The highest BCUT2D eigenvalue weighted by molar-refractivity contribution is 7.12. The first-order chi connectivity index (χ1) is 10.3. The Morgan fingerprint density at radius 2 is 2.19 bits per heavy atom. The van der Waals surface area contributed by atoms with Gasteiger partial charge in [-0.3, -0.25) is 9.80 Å². The maximum Gasteiger partial charge on any atom is 0.0299 e. The van der Waals surface area contributed by atoms with Gasteiger partial charge in [-0.05, 0) is 44.5 Å². The number of hydrogen-bond acceptors (Lipinski definition) is 4. The summed E-state index contributed by atoms with van der Waals surface area (Å²) >= 11 is 1.97. The molecule has 0 amide bonds. The first-order valence-electron chi connectivity index (χ1n) is 8.51. The van der Waals surface area contributed by atoms with Gasteiger partial charge in [0.2, 0.25) is 0 Å². The molecular weight excluding hydrogens is 278 g/mol. The minimum Gasteiger partial charge on any atom is -0.312 e. The van der Waals surface area contributed by atoms with Crippen LogP contribution < -0.4 is 5.32 Å². The number of thiophene rings is 1. The van der Waals surface area contributed by atoms with Gasteiger partial charge in [0.05, 0.1) is 0 Å². The minimum atomic E-state index is 0.827. The van der Waals surface area contributed by atoms with E-state index in [9.17, 15) is 0 Å². The molecule has 1 aromatic rings. The summed E-state index contributed by atoms with van der Waals surface area (Å²) in [5.41, 5.74) is 1.55. The fourth-order valence-corrected chi connectivity index (χ4v) is 4.71. The van der Waals surface area contributed by atoms with Crippen molar-refractivity contribution in [3.63, 3.8) is 0 Å². The lowest BCUT2D eigenvalue weighted by molar-refractivity contribution is 0.0456. The molecule has 1 unspecified atom stereocenters. The Morgan fingerprint density at radius 1 is 1.29 bits per heavy atom. The van der Waals surface area contributed by atoms with Crippen LogP contribution in [0.4, 0.5) is 0 Å². The number of rotatable bonds is 5. The average molecular weight is 308 g/mol. The molecule has 2 aliphatic rings. The molecular formula is C17H29N3S. The predicted octanol–water partition coefficient (Wildman–Crippen LogP) is 2.84. The number of nitrogens with one attached hydrogen (secondary N) is 1. The zero-order chi connectivity index (χ0) is 14.7. The molecule has 118 valence electrons. The molecule has 2 aliphatic heterocycles. The Bertz CT molecular complexity index is 457. The molecule has 4 heteroatoms. The van der Waals surface area contributed by atoms with Gasteiger partial charge < -0.3 is 5.32 Å². The second-order valence-corrected chi connectivity index (χ2v) is 7.84. The topological polar surface area (TPSA) is 18.5 Å². The Kier molecular flexibility index (Phi) is 5.33. The average Bonchev–Trinajstić information content (AvgIpc) is 2.85. The highest BCUT2D eigenvalue weighted by Crippen LogP contribution is 2.26. The lowest BCUT2D eigenvalue weighted by Crippen LogP contribution is -2.54. The molecule has 3 rings (SSSR count). The zero-order valence-electron chi connectivity index (χ0n) is 13.5. The van der Waals surface area contributed by atoms with E-state index < -0.39 is 0 Å². The van der Waals surface area contributed by atoms with E-state index in [0.29, 0.717) is 0 Å². The lowest BCUT2D eigenvalue weighted by Gasteiger charge is -2.44. The summed E-state index contributed by atoms with van der Waals surface area (Å²) in [7, 11) is 0. The van der Waals surface area contributed by atoms with Gasteiger partial charge in [0.15, 0.2) is 0 Å². The largest absolute Gasteiger partial charge is 0.312 e. The molecule has 1 aromatic heterocycles. The SMILES string of the molecule is CCNCc1cc(CN2CCN3CCCCC3C2)c(C)s1. The van der Waals surface area contributed by atoms with Gasteiger partial charge in [0.1, 0.15) is 0 Å². The minimum absolute atomic E-state index is 0.827. The van der Waals surface area contributed by atoms with Crippen molar-refractivity contribution in [1.29, 1.82) is 0 Å². The second kappa shape index (κ2) is 7.23. The van der Waals surface area contributed by atoms with Gasteiger partial charge in [-0.25, -0.2) is 0 Å². The monoisotopic (exact) mass is 307 g/mol. The summed E-state index contributed by atoms with van der Waals surface area (Å²) in [6.07, 6.45) is 4.25. The summed E-state index contributed by atoms with van der Waals surface area (Å²) in [6.45, 7) is 12.8. The van der Waals surface area contributed by atoms with Crippen LogP contribution in [0.25, 0.3) is 0 Å². The number of fused-ring (bicyclic) bond motifs is 1. The maximum atomic E-state index is 3.44. The van der Waals surface area contributed by atoms with E-state index in [-0.39, 0.29) is 0 Å². The highest BCUT2D eigenvalue weighted by atomic mass is 32.1. The quantitative estimate of drug-likeness (QED) is 0.902. The predicted molar refractivity (Wildman–Crippen MR) is 90.9 cm³/mol. The van der Waals surface area contributed by atoms with Crippen LogP contribution in [-0.2, 0) is 13.1 Å². The van der Waals surface area contributed by atoms with Gasteiger partial charge in [-0.1, -0.05) is 13.3 Å². The van der Waals surface area contributed by atoms with E-state index >= 15 is 0 Å². The maximum absolute atomic E-state index is 3.44. The van der Waals surface area contributed by atoms with Crippen molar-refractivity contribution in [3.05, 3.63) is 21.4 Å². The Labute approximate surface area is 133 Å². The molecule has 0 spiro atoms. The zero-order valence-corrected chi connectivity index (χ0v) is 14.3. The molecule has 1 N–H and O–H groups in total. The van der Waals surface area contributed by atoms with Crippen LogP contribution in [0.5, 0.6) is 0 Å². The van der Waals surface area contributed by atoms with Crippen molar-refractivity contribution in [2.24, 2.45) is 0 Å². The first-order valence-corrected chi connectivity index (χ1v) is 9.33. The number of aryl methyl sites for hydroxylation is 1. The number of nitrogens with zero attached hydrogens (tertiary/aromatic N) is 2. The van der Waals surface area contributed by atoms with E-state index in [0.717, 1.165) is 25.7 Å². The standard InChI is InChI=1S/C17H29N3S/c1-3-18-11-17-10-15(14(2)21-17)12-19-8-9-20-7-5-4-6-16(20)13-19/h10,16,18H,3-9,11-13H2,1-2H3. The normalized spacial score (nSPS) is 24.2. The summed E-state index contributed by atoms with van der Waals surface area (Å²) < 4.78 is 0. The van der Waals surface area contributed by atoms with Gasteiger partial charge in [-0.2, -0.15) is 0 Å². The van der Waals surface area contributed by atoms with Crippen molar-refractivity contribution in [2.75, 3.05) is 32.7 Å². The van der Waals surface area contributed by atoms with E-state index in [1.54, 1.807) is 5.56 Å². The van der Waals surface area contributed by atoms with Crippen LogP contribution in [0.3, 0.4) is 0 Å². The number of piperidine rings is 1. The van der Waals surface area contributed by atoms with Crippen LogP contribution >= 0.6 is 11.3 Å². The lowest BCUT2D eigenvalue weighted by atomic mass is 9.99. The van der Waals surface area contributed by atoms with Gasteiger partial charge in [0, 0.05) is 48.5 Å². The van der Waals surface area contributed by atoms with E-state index in [1.165, 1.54) is 55.2 Å². The Balaban J connectivity index is 1.57. The molecule has 3 heterocycles. The van der Waals surface area contributed by atoms with Crippen molar-refractivity contribution < 1.29 is 0 Å². The fraction of sp³-hybridized carbons (Fsp3) is 0.765. The van der Waals surface area contributed by atoms with Crippen LogP contribution in [0, 0.1) is 6.92 Å². The molecule has 2 saturated heterocycles. The van der Waals surface area contributed by atoms with Crippen LogP contribution in [0.2, 0.25) is 0 Å². The van der Waals surface area contributed by atoms with Gasteiger partial charge in [-0.15, -0.1) is 11.3 Å².